The fraction of sp³-hybridized carbons (Fsp3) is 0.545. The van der Waals surface area contributed by atoms with Crippen LogP contribution in [0.25, 0.3) is 0 Å². The SMILES string of the molecule is Fc1cnc(NC2CCC(CC(c3cccc(Cl)c3Cl)N3CCNCC3)CC2F)nc1. The first-order valence-electron chi connectivity index (χ1n) is 10.8. The topological polar surface area (TPSA) is 53.1 Å². The number of hydrogen-bond donors (Lipinski definition) is 2. The second-order valence-electron chi connectivity index (χ2n) is 8.35. The minimum Gasteiger partial charge on any atom is -0.349 e. The molecule has 4 atom stereocenters. The molecule has 5 nitrogen and oxygen atoms in total. The Labute approximate surface area is 191 Å². The molecule has 0 amide bonds. The van der Waals surface area contributed by atoms with Crippen molar-refractivity contribution >= 4 is 29.2 Å². The number of nitrogens with one attached hydrogen (secondary N) is 2. The van der Waals surface area contributed by atoms with Crippen LogP contribution in [0.5, 0.6) is 0 Å². The fourth-order valence-electron chi connectivity index (χ4n) is 4.69. The van der Waals surface area contributed by atoms with Gasteiger partial charge in [0.15, 0.2) is 5.82 Å². The zero-order chi connectivity index (χ0) is 21.8. The summed E-state index contributed by atoms with van der Waals surface area (Å²) in [7, 11) is 0. The van der Waals surface area contributed by atoms with E-state index in [1.54, 1.807) is 6.07 Å². The van der Waals surface area contributed by atoms with Crippen LogP contribution < -0.4 is 10.6 Å². The van der Waals surface area contributed by atoms with Crippen LogP contribution in [-0.2, 0) is 0 Å². The van der Waals surface area contributed by atoms with Crippen molar-refractivity contribution in [1.29, 1.82) is 0 Å². The van der Waals surface area contributed by atoms with Crippen molar-refractivity contribution in [2.45, 2.75) is 43.9 Å². The maximum Gasteiger partial charge on any atom is 0.223 e. The number of piperazine rings is 1. The molecule has 1 saturated carbocycles. The van der Waals surface area contributed by atoms with E-state index in [9.17, 15) is 4.39 Å². The number of anilines is 1. The van der Waals surface area contributed by atoms with Crippen molar-refractivity contribution in [3.63, 3.8) is 0 Å². The van der Waals surface area contributed by atoms with Crippen LogP contribution in [0.4, 0.5) is 14.7 Å². The fourth-order valence-corrected chi connectivity index (χ4v) is 5.12. The minimum atomic E-state index is -1.02. The highest BCUT2D eigenvalue weighted by Crippen LogP contribution is 2.40. The molecule has 2 aliphatic rings. The Bertz CT molecular complexity index is 863. The van der Waals surface area contributed by atoms with Crippen molar-refractivity contribution in [2.24, 2.45) is 5.92 Å². The molecule has 9 heteroatoms. The van der Waals surface area contributed by atoms with Gasteiger partial charge in [-0.15, -0.1) is 0 Å². The van der Waals surface area contributed by atoms with Crippen molar-refractivity contribution < 1.29 is 8.78 Å². The third-order valence-electron chi connectivity index (χ3n) is 6.31. The highest BCUT2D eigenvalue weighted by Gasteiger charge is 2.34. The molecule has 1 aliphatic heterocycles. The minimum absolute atomic E-state index is 0.107. The van der Waals surface area contributed by atoms with Crippen molar-refractivity contribution in [2.75, 3.05) is 31.5 Å². The molecule has 0 radical (unpaired) electrons. The van der Waals surface area contributed by atoms with Gasteiger partial charge in [-0.2, -0.15) is 0 Å². The molecule has 0 spiro atoms. The third-order valence-corrected chi connectivity index (χ3v) is 7.14. The number of alkyl halides is 1. The molecule has 1 aromatic heterocycles. The molecule has 2 fully saturated rings. The van der Waals surface area contributed by atoms with Crippen molar-refractivity contribution in [1.82, 2.24) is 20.2 Å². The Kier molecular flexibility index (Phi) is 7.59. The van der Waals surface area contributed by atoms with Gasteiger partial charge >= 0.3 is 0 Å². The van der Waals surface area contributed by atoms with Gasteiger partial charge in [-0.25, -0.2) is 18.7 Å². The van der Waals surface area contributed by atoms with Crippen LogP contribution in [0.15, 0.2) is 30.6 Å². The standard InChI is InChI=1S/C22H27Cl2F2N5/c23-17-3-1-2-16(21(17)24)20(31-8-6-27-7-9-31)11-14-4-5-19(18(26)10-14)30-22-28-12-15(25)13-29-22/h1-3,12-14,18-20,27H,4-11H2,(H,28,29,30). The summed E-state index contributed by atoms with van der Waals surface area (Å²) in [6, 6.07) is 5.51. The second kappa shape index (κ2) is 10.4. The van der Waals surface area contributed by atoms with Gasteiger partial charge in [-0.05, 0) is 43.2 Å². The van der Waals surface area contributed by atoms with E-state index < -0.39 is 12.0 Å². The van der Waals surface area contributed by atoms with Crippen LogP contribution in [0.2, 0.25) is 10.0 Å². The van der Waals surface area contributed by atoms with Crippen LogP contribution in [-0.4, -0.2) is 53.3 Å². The Balaban J connectivity index is 1.44. The van der Waals surface area contributed by atoms with Gasteiger partial charge in [0.1, 0.15) is 6.17 Å². The molecule has 4 unspecified atom stereocenters. The van der Waals surface area contributed by atoms with E-state index in [0.29, 0.717) is 22.9 Å². The van der Waals surface area contributed by atoms with Gasteiger partial charge in [0.25, 0.3) is 0 Å². The predicted octanol–water partition coefficient (Wildman–Crippen LogP) is 4.88. The molecule has 1 saturated heterocycles. The predicted molar refractivity (Wildman–Crippen MR) is 120 cm³/mol. The van der Waals surface area contributed by atoms with Gasteiger partial charge in [0.05, 0.1) is 28.5 Å². The Morgan fingerprint density at radius 3 is 2.61 bits per heavy atom. The van der Waals surface area contributed by atoms with Gasteiger partial charge in [0, 0.05) is 32.2 Å². The zero-order valence-corrected chi connectivity index (χ0v) is 18.7. The number of rotatable bonds is 6. The van der Waals surface area contributed by atoms with E-state index >= 15 is 4.39 Å². The van der Waals surface area contributed by atoms with Gasteiger partial charge < -0.3 is 10.6 Å². The monoisotopic (exact) mass is 469 g/mol. The molecule has 1 aromatic carbocycles. The summed E-state index contributed by atoms with van der Waals surface area (Å²) in [6.07, 6.45) is 4.00. The van der Waals surface area contributed by atoms with Gasteiger partial charge in [-0.1, -0.05) is 35.3 Å². The van der Waals surface area contributed by atoms with E-state index in [4.69, 9.17) is 23.2 Å². The second-order valence-corrected chi connectivity index (χ2v) is 9.14. The van der Waals surface area contributed by atoms with Crippen LogP contribution in [0.1, 0.15) is 37.3 Å². The first-order valence-corrected chi connectivity index (χ1v) is 11.5. The maximum absolute atomic E-state index is 15.0. The highest BCUT2D eigenvalue weighted by molar-refractivity contribution is 6.42. The Morgan fingerprint density at radius 1 is 1.16 bits per heavy atom. The molecule has 2 N–H and O–H groups in total. The molecule has 2 heterocycles. The lowest BCUT2D eigenvalue weighted by Gasteiger charge is -2.39. The molecular formula is C22H27Cl2F2N5. The lowest BCUT2D eigenvalue weighted by molar-refractivity contribution is 0.114. The largest absolute Gasteiger partial charge is 0.349 e. The molecule has 2 aromatic rings. The number of nitrogens with zero attached hydrogens (tertiary/aromatic N) is 3. The average molecular weight is 470 g/mol. The summed E-state index contributed by atoms with van der Waals surface area (Å²) >= 11 is 12.9. The summed E-state index contributed by atoms with van der Waals surface area (Å²) in [5.41, 5.74) is 1.02. The summed E-state index contributed by atoms with van der Waals surface area (Å²) in [6.45, 7) is 3.69. The Hall–Kier alpha value is -1.54. The van der Waals surface area contributed by atoms with Crippen LogP contribution in [0.3, 0.4) is 0 Å². The van der Waals surface area contributed by atoms with Gasteiger partial charge in [-0.3, -0.25) is 4.90 Å². The normalized spacial score (nSPS) is 25.9. The number of aromatic nitrogens is 2. The smallest absolute Gasteiger partial charge is 0.223 e. The summed E-state index contributed by atoms with van der Waals surface area (Å²) in [5, 5.41) is 7.55. The number of benzene rings is 1. The summed E-state index contributed by atoms with van der Waals surface area (Å²) in [5.74, 6) is -0.0151. The van der Waals surface area contributed by atoms with Crippen LogP contribution in [0, 0.1) is 11.7 Å². The third kappa shape index (κ3) is 5.64. The van der Waals surface area contributed by atoms with E-state index in [1.807, 2.05) is 12.1 Å². The first kappa shape index (κ1) is 22.6. The molecular weight excluding hydrogens is 443 g/mol. The lowest BCUT2D eigenvalue weighted by Crippen LogP contribution is -2.46. The van der Waals surface area contributed by atoms with Crippen molar-refractivity contribution in [3.8, 4) is 0 Å². The van der Waals surface area contributed by atoms with E-state index in [-0.39, 0.29) is 23.9 Å². The molecule has 1 aliphatic carbocycles. The van der Waals surface area contributed by atoms with E-state index in [1.165, 1.54) is 0 Å². The number of hydrogen-bond acceptors (Lipinski definition) is 5. The van der Waals surface area contributed by atoms with E-state index in [0.717, 1.165) is 57.0 Å². The van der Waals surface area contributed by atoms with Gasteiger partial charge in [0.2, 0.25) is 5.95 Å². The molecule has 0 bridgehead atoms. The van der Waals surface area contributed by atoms with Crippen molar-refractivity contribution in [3.05, 3.63) is 52.0 Å². The average Bonchev–Trinajstić information content (AvgIpc) is 2.78. The van der Waals surface area contributed by atoms with Crippen LogP contribution >= 0.6 is 23.2 Å². The number of halogens is 4. The highest BCUT2D eigenvalue weighted by atomic mass is 35.5. The summed E-state index contributed by atoms with van der Waals surface area (Å²) in [4.78, 5) is 10.2. The summed E-state index contributed by atoms with van der Waals surface area (Å²) < 4.78 is 28.0. The molecule has 31 heavy (non-hydrogen) atoms. The zero-order valence-electron chi connectivity index (χ0n) is 17.2. The lowest BCUT2D eigenvalue weighted by atomic mass is 9.79. The first-order chi connectivity index (χ1) is 15.0. The molecule has 168 valence electrons. The van der Waals surface area contributed by atoms with E-state index in [2.05, 4.69) is 25.5 Å². The molecule has 4 rings (SSSR count). The maximum atomic E-state index is 15.0. The Morgan fingerprint density at radius 2 is 1.90 bits per heavy atom. The quantitative estimate of drug-likeness (QED) is 0.631.